The maximum absolute atomic E-state index is 13.6. The lowest BCUT2D eigenvalue weighted by Gasteiger charge is -2.11. The molecule has 0 aliphatic carbocycles. The fourth-order valence-corrected chi connectivity index (χ4v) is 2.06. The Morgan fingerprint density at radius 2 is 1.83 bits per heavy atom. The summed E-state index contributed by atoms with van der Waals surface area (Å²) in [5.74, 6) is -0.323. The van der Waals surface area contributed by atoms with Gasteiger partial charge in [0, 0.05) is 11.6 Å². The molecule has 0 heterocycles. The molecule has 0 atom stereocenters. The van der Waals surface area contributed by atoms with Gasteiger partial charge in [0.15, 0.2) is 0 Å². The summed E-state index contributed by atoms with van der Waals surface area (Å²) < 4.78 is 13.6. The molecule has 1 N–H and O–H groups in total. The number of benzene rings is 2. The van der Waals surface area contributed by atoms with E-state index in [0.717, 1.165) is 6.42 Å². The van der Waals surface area contributed by atoms with E-state index in [1.807, 2.05) is 12.1 Å². The number of aryl methyl sites for hydroxylation is 1. The topological polar surface area (TPSA) is 12.0 Å². The molecule has 0 radical (unpaired) electrons. The predicted molar refractivity (Wildman–Crippen MR) is 74.6 cm³/mol. The lowest BCUT2D eigenvalue weighted by atomic mass is 10.1. The van der Waals surface area contributed by atoms with Crippen molar-refractivity contribution in [2.75, 3.05) is 5.32 Å². The molecule has 2 aromatic rings. The summed E-state index contributed by atoms with van der Waals surface area (Å²) in [7, 11) is 0. The molecule has 2 rings (SSSR count). The summed E-state index contributed by atoms with van der Waals surface area (Å²) in [4.78, 5) is 0. The van der Waals surface area contributed by atoms with E-state index in [9.17, 15) is 4.39 Å². The third-order valence-corrected chi connectivity index (χ3v) is 3.13. The highest BCUT2D eigenvalue weighted by Crippen LogP contribution is 2.20. The van der Waals surface area contributed by atoms with Gasteiger partial charge >= 0.3 is 0 Å². The summed E-state index contributed by atoms with van der Waals surface area (Å²) in [5, 5.41) is 3.51. The van der Waals surface area contributed by atoms with Crippen LogP contribution < -0.4 is 5.32 Å². The van der Waals surface area contributed by atoms with Crippen molar-refractivity contribution in [1.29, 1.82) is 0 Å². The molecule has 0 unspecified atom stereocenters. The van der Waals surface area contributed by atoms with Crippen molar-refractivity contribution in [3.05, 3.63) is 64.4 Å². The Balaban J connectivity index is 2.11. The fourth-order valence-electron chi connectivity index (χ4n) is 1.90. The fraction of sp³-hybridized carbons (Fsp3) is 0.200. The maximum Gasteiger partial charge on any atom is 0.147 e. The number of hydrogen-bond donors (Lipinski definition) is 1. The third-order valence-electron chi connectivity index (χ3n) is 2.90. The van der Waals surface area contributed by atoms with Gasteiger partial charge in [-0.15, -0.1) is 0 Å². The van der Waals surface area contributed by atoms with Crippen molar-refractivity contribution in [2.45, 2.75) is 19.9 Å². The molecule has 0 aliphatic heterocycles. The SMILES string of the molecule is CCc1ccccc1CNc1ccc(Cl)cc1F. The van der Waals surface area contributed by atoms with Crippen molar-refractivity contribution in [3.63, 3.8) is 0 Å². The average molecular weight is 264 g/mol. The molecule has 0 saturated carbocycles. The predicted octanol–water partition coefficient (Wildman–Crippen LogP) is 4.65. The van der Waals surface area contributed by atoms with E-state index in [4.69, 9.17) is 11.6 Å². The molecule has 0 bridgehead atoms. The highest BCUT2D eigenvalue weighted by atomic mass is 35.5. The smallest absolute Gasteiger partial charge is 0.147 e. The van der Waals surface area contributed by atoms with E-state index in [2.05, 4.69) is 24.4 Å². The Labute approximate surface area is 112 Å². The lowest BCUT2D eigenvalue weighted by molar-refractivity contribution is 0.630. The second kappa shape index (κ2) is 5.87. The van der Waals surface area contributed by atoms with Gasteiger partial charge in [-0.05, 0) is 35.7 Å². The lowest BCUT2D eigenvalue weighted by Crippen LogP contribution is -2.03. The molecule has 0 fully saturated rings. The number of rotatable bonds is 4. The summed E-state index contributed by atoms with van der Waals surface area (Å²) in [6.07, 6.45) is 0.973. The van der Waals surface area contributed by atoms with Crippen molar-refractivity contribution >= 4 is 17.3 Å². The molecule has 0 saturated heterocycles. The minimum Gasteiger partial charge on any atom is -0.379 e. The van der Waals surface area contributed by atoms with Gasteiger partial charge in [-0.25, -0.2) is 4.39 Å². The largest absolute Gasteiger partial charge is 0.379 e. The van der Waals surface area contributed by atoms with Crippen LogP contribution in [0.15, 0.2) is 42.5 Å². The Morgan fingerprint density at radius 1 is 1.11 bits per heavy atom. The minimum absolute atomic E-state index is 0.323. The van der Waals surface area contributed by atoms with Gasteiger partial charge < -0.3 is 5.32 Å². The van der Waals surface area contributed by atoms with Crippen LogP contribution in [0.1, 0.15) is 18.1 Å². The summed E-state index contributed by atoms with van der Waals surface area (Å²) >= 11 is 5.71. The van der Waals surface area contributed by atoms with Gasteiger partial charge in [0.25, 0.3) is 0 Å². The Hall–Kier alpha value is -1.54. The van der Waals surface area contributed by atoms with Crippen LogP contribution in [0.4, 0.5) is 10.1 Å². The Bertz CT molecular complexity index is 540. The van der Waals surface area contributed by atoms with Crippen LogP contribution >= 0.6 is 11.6 Å². The van der Waals surface area contributed by atoms with E-state index in [1.165, 1.54) is 17.2 Å². The van der Waals surface area contributed by atoms with Crippen LogP contribution in [0.2, 0.25) is 5.02 Å². The zero-order valence-corrected chi connectivity index (χ0v) is 11.0. The van der Waals surface area contributed by atoms with Gasteiger partial charge in [-0.2, -0.15) is 0 Å². The van der Waals surface area contributed by atoms with Crippen LogP contribution in [-0.2, 0) is 13.0 Å². The van der Waals surface area contributed by atoms with Crippen LogP contribution in [-0.4, -0.2) is 0 Å². The molecule has 2 aromatic carbocycles. The highest BCUT2D eigenvalue weighted by Gasteiger charge is 2.04. The number of hydrogen-bond acceptors (Lipinski definition) is 1. The highest BCUT2D eigenvalue weighted by molar-refractivity contribution is 6.30. The van der Waals surface area contributed by atoms with E-state index in [1.54, 1.807) is 12.1 Å². The van der Waals surface area contributed by atoms with Crippen LogP contribution in [0, 0.1) is 5.82 Å². The van der Waals surface area contributed by atoms with Crippen molar-refractivity contribution in [1.82, 2.24) is 0 Å². The van der Waals surface area contributed by atoms with Gasteiger partial charge in [0.05, 0.1) is 5.69 Å². The monoisotopic (exact) mass is 263 g/mol. The molecule has 0 spiro atoms. The van der Waals surface area contributed by atoms with E-state index in [-0.39, 0.29) is 5.82 Å². The quantitative estimate of drug-likeness (QED) is 0.846. The molecule has 3 heteroatoms. The average Bonchev–Trinajstić information content (AvgIpc) is 2.38. The minimum atomic E-state index is -0.323. The second-order valence-corrected chi connectivity index (χ2v) is 4.54. The van der Waals surface area contributed by atoms with Gasteiger partial charge in [0.1, 0.15) is 5.82 Å². The Kier molecular flexibility index (Phi) is 4.21. The molecule has 0 aromatic heterocycles. The standard InChI is InChI=1S/C15H15ClFN/c1-2-11-5-3-4-6-12(11)10-18-15-8-7-13(16)9-14(15)17/h3-9,18H,2,10H2,1H3. The summed E-state index contributed by atoms with van der Waals surface area (Å²) in [5.41, 5.74) is 2.94. The summed E-state index contributed by atoms with van der Waals surface area (Å²) in [6, 6.07) is 12.8. The molecular formula is C15H15ClFN. The normalized spacial score (nSPS) is 10.4. The first-order valence-electron chi connectivity index (χ1n) is 5.96. The van der Waals surface area contributed by atoms with Crippen LogP contribution in [0.5, 0.6) is 0 Å². The molecule has 0 aliphatic rings. The zero-order valence-electron chi connectivity index (χ0n) is 10.2. The van der Waals surface area contributed by atoms with E-state index in [0.29, 0.717) is 17.3 Å². The molecule has 0 amide bonds. The van der Waals surface area contributed by atoms with E-state index >= 15 is 0 Å². The number of halogens is 2. The maximum atomic E-state index is 13.6. The summed E-state index contributed by atoms with van der Waals surface area (Å²) in [6.45, 7) is 2.73. The Morgan fingerprint density at radius 3 is 2.50 bits per heavy atom. The van der Waals surface area contributed by atoms with Crippen molar-refractivity contribution in [2.24, 2.45) is 0 Å². The zero-order chi connectivity index (χ0) is 13.0. The third kappa shape index (κ3) is 3.02. The number of anilines is 1. The molecule has 94 valence electrons. The van der Waals surface area contributed by atoms with Crippen molar-refractivity contribution in [3.8, 4) is 0 Å². The van der Waals surface area contributed by atoms with Crippen LogP contribution in [0.25, 0.3) is 0 Å². The number of nitrogens with one attached hydrogen (secondary N) is 1. The van der Waals surface area contributed by atoms with Crippen molar-refractivity contribution < 1.29 is 4.39 Å². The molecule has 18 heavy (non-hydrogen) atoms. The van der Waals surface area contributed by atoms with Gasteiger partial charge in [-0.1, -0.05) is 42.8 Å². The molecule has 1 nitrogen and oxygen atoms in total. The van der Waals surface area contributed by atoms with Gasteiger partial charge in [0.2, 0.25) is 0 Å². The molecular weight excluding hydrogens is 249 g/mol. The van der Waals surface area contributed by atoms with Gasteiger partial charge in [-0.3, -0.25) is 0 Å². The van der Waals surface area contributed by atoms with E-state index < -0.39 is 0 Å². The first-order valence-corrected chi connectivity index (χ1v) is 6.34. The first kappa shape index (κ1) is 12.9. The van der Waals surface area contributed by atoms with Crippen LogP contribution in [0.3, 0.4) is 0 Å². The second-order valence-electron chi connectivity index (χ2n) is 4.10. The first-order chi connectivity index (χ1) is 8.70.